The number of benzene rings is 12. The lowest BCUT2D eigenvalue weighted by molar-refractivity contribution is 1.07. The molecule has 2 aliphatic rings. The summed E-state index contributed by atoms with van der Waals surface area (Å²) >= 11 is 0. The molecule has 0 spiro atoms. The lowest BCUT2D eigenvalue weighted by Crippen LogP contribution is -2.55. The van der Waals surface area contributed by atoms with Crippen LogP contribution in [0.5, 0.6) is 0 Å². The van der Waals surface area contributed by atoms with Gasteiger partial charge in [-0.2, -0.15) is 0 Å². The number of rotatable bonds is 8. The van der Waals surface area contributed by atoms with Gasteiger partial charge in [0.1, 0.15) is 0 Å². The van der Waals surface area contributed by atoms with Gasteiger partial charge in [0.15, 0.2) is 17.5 Å². The van der Waals surface area contributed by atoms with Gasteiger partial charge in [0.2, 0.25) is 0 Å². The largest absolute Gasteiger partial charge is 0.375 e. The summed E-state index contributed by atoms with van der Waals surface area (Å²) in [5.74, 6) is 1.90. The Kier molecular flexibility index (Phi) is 11.6. The van der Waals surface area contributed by atoms with Crippen LogP contribution in [0.15, 0.2) is 237 Å². The van der Waals surface area contributed by atoms with Crippen LogP contribution in [-0.4, -0.2) is 30.8 Å². The number of fused-ring (bicyclic) bond motifs is 10. The van der Waals surface area contributed by atoms with Crippen molar-refractivity contribution in [1.82, 2.24) is 24.0 Å². The molecule has 0 unspecified atom stereocenters. The molecule has 0 amide bonds. The van der Waals surface area contributed by atoms with Crippen molar-refractivity contribution in [2.75, 3.05) is 0 Å². The molecule has 5 heterocycles. The third-order valence-corrected chi connectivity index (χ3v) is 19.0. The maximum Gasteiger partial charge on any atom is 0.333 e. The zero-order chi connectivity index (χ0) is 59.2. The molecule has 17 rings (SSSR count). The smallest absolute Gasteiger partial charge is 0.333 e. The minimum Gasteiger partial charge on any atom is -0.375 e. The standard InChI is InChI=1S/C82H60BN5/c1-47-35-49(3)74(50(4)36-47)60-32-33-71-65(41-60)68-44-63(75-51(5)37-48(2)38-52(75)6)45-70-79(68)87(71)73-46-64(59-29-20-30-61(39-59)82-85-80(56-25-16-10-17-26-56)84-81(86-82)57-27-18-11-19-28-57)53(7)76-69-43-62(55-23-14-9-15-24-55)42-67-66-40-58(54-21-12-8-13-22-54)31-34-72(66)88(78(67)69)83(70)77(73)76/h8-46H,1-7H3. The van der Waals surface area contributed by atoms with Crippen molar-refractivity contribution < 1.29 is 0 Å². The van der Waals surface area contributed by atoms with E-state index in [1.807, 2.05) is 36.4 Å². The lowest BCUT2D eigenvalue weighted by atomic mass is 9.45. The van der Waals surface area contributed by atoms with Gasteiger partial charge >= 0.3 is 6.85 Å². The molecular weight excluding hydrogens is 1070 g/mol. The Morgan fingerprint density at radius 1 is 0.307 bits per heavy atom. The predicted octanol–water partition coefficient (Wildman–Crippen LogP) is 19.5. The zero-order valence-corrected chi connectivity index (χ0v) is 50.3. The fourth-order valence-corrected chi connectivity index (χ4v) is 15.5. The molecule has 3 aromatic heterocycles. The molecule has 0 N–H and O–H groups in total. The van der Waals surface area contributed by atoms with E-state index in [1.165, 1.54) is 155 Å². The summed E-state index contributed by atoms with van der Waals surface area (Å²) in [5, 5.41) is 4.99. The van der Waals surface area contributed by atoms with Crippen molar-refractivity contribution >= 4 is 61.4 Å². The van der Waals surface area contributed by atoms with Crippen LogP contribution in [0.3, 0.4) is 0 Å². The Bertz CT molecular complexity index is 5340. The molecule has 0 aliphatic carbocycles. The average Bonchev–Trinajstić information content (AvgIpc) is 1.43. The topological polar surface area (TPSA) is 48.5 Å². The second-order valence-electron chi connectivity index (χ2n) is 24.7. The van der Waals surface area contributed by atoms with Crippen LogP contribution in [0.4, 0.5) is 0 Å². The van der Waals surface area contributed by atoms with E-state index >= 15 is 0 Å². The average molecular weight is 1130 g/mol. The molecule has 15 aromatic rings. The highest BCUT2D eigenvalue weighted by molar-refractivity contribution is 6.90. The molecule has 88 heavy (non-hydrogen) atoms. The zero-order valence-electron chi connectivity index (χ0n) is 50.3. The summed E-state index contributed by atoms with van der Waals surface area (Å²) in [4.78, 5) is 15.6. The molecule has 0 saturated carbocycles. The highest BCUT2D eigenvalue weighted by Crippen LogP contribution is 2.50. The second kappa shape index (κ2) is 19.7. The summed E-state index contributed by atoms with van der Waals surface area (Å²) in [6.07, 6.45) is 0. The van der Waals surface area contributed by atoms with Crippen LogP contribution in [0.25, 0.3) is 150 Å². The maximum atomic E-state index is 5.25. The molecule has 5 nitrogen and oxygen atoms in total. The quantitative estimate of drug-likeness (QED) is 0.142. The molecular formula is C82H60BN5. The highest BCUT2D eigenvalue weighted by atomic mass is 15.0. The van der Waals surface area contributed by atoms with Gasteiger partial charge in [-0.05, 0) is 203 Å². The summed E-state index contributed by atoms with van der Waals surface area (Å²) in [5.41, 5.74) is 35.1. The van der Waals surface area contributed by atoms with Gasteiger partial charge in [0.05, 0.1) is 11.0 Å². The van der Waals surface area contributed by atoms with Crippen molar-refractivity contribution in [3.63, 3.8) is 0 Å². The van der Waals surface area contributed by atoms with E-state index in [0.717, 1.165) is 27.8 Å². The number of hydrogen-bond acceptors (Lipinski definition) is 3. The summed E-state index contributed by atoms with van der Waals surface area (Å²) in [7, 11) is 0. The molecule has 0 radical (unpaired) electrons. The van der Waals surface area contributed by atoms with Crippen LogP contribution in [-0.2, 0) is 0 Å². The molecule has 12 aromatic carbocycles. The first-order chi connectivity index (χ1) is 43.0. The first kappa shape index (κ1) is 51.7. The van der Waals surface area contributed by atoms with E-state index in [4.69, 9.17) is 15.0 Å². The first-order valence-corrected chi connectivity index (χ1v) is 30.7. The molecule has 0 atom stereocenters. The van der Waals surface area contributed by atoms with Crippen LogP contribution >= 0.6 is 0 Å². The van der Waals surface area contributed by atoms with E-state index in [2.05, 4.69) is 258 Å². The van der Waals surface area contributed by atoms with Gasteiger partial charge < -0.3 is 9.05 Å². The Morgan fingerprint density at radius 3 is 1.39 bits per heavy atom. The summed E-state index contributed by atoms with van der Waals surface area (Å²) in [6.45, 7) is 15.7. The molecule has 2 aliphatic heterocycles. The molecule has 0 fully saturated rings. The fourth-order valence-electron chi connectivity index (χ4n) is 15.5. The fraction of sp³-hybridized carbons (Fsp3) is 0.0854. The predicted molar refractivity (Wildman–Crippen MR) is 370 cm³/mol. The summed E-state index contributed by atoms with van der Waals surface area (Å²) in [6, 6.07) is 87.7. The van der Waals surface area contributed by atoms with Crippen LogP contribution < -0.4 is 10.9 Å². The van der Waals surface area contributed by atoms with Crippen molar-refractivity contribution in [2.45, 2.75) is 48.5 Å². The molecule has 0 saturated heterocycles. The molecule has 6 heteroatoms. The SMILES string of the molecule is Cc1cc(C)c(-c2ccc3c(c2)c2cc(-c4c(C)cc(C)cc4C)cc4c2n3-c2cc(-c3cccc(-c5nc(-c6ccccc6)nc(-c6ccccc6)n5)c3)c(C)c3c2B4n2c4ccc(-c5ccccc5)cc4c4cc(-c5ccccc5)cc-3c42)c(C)c1. The number of hydrogen-bond donors (Lipinski definition) is 0. The van der Waals surface area contributed by atoms with Gasteiger partial charge in [-0.1, -0.05) is 193 Å². The maximum absolute atomic E-state index is 5.25. The van der Waals surface area contributed by atoms with Crippen molar-refractivity contribution in [3.05, 3.63) is 276 Å². The first-order valence-electron chi connectivity index (χ1n) is 30.7. The van der Waals surface area contributed by atoms with Crippen LogP contribution in [0.1, 0.15) is 38.9 Å². The minimum absolute atomic E-state index is 0.189. The van der Waals surface area contributed by atoms with E-state index in [1.54, 1.807) is 0 Å². The van der Waals surface area contributed by atoms with E-state index in [0.29, 0.717) is 17.5 Å². The second-order valence-corrected chi connectivity index (χ2v) is 24.7. The van der Waals surface area contributed by atoms with Gasteiger partial charge in [-0.25, -0.2) is 15.0 Å². The van der Waals surface area contributed by atoms with E-state index in [-0.39, 0.29) is 6.85 Å². The van der Waals surface area contributed by atoms with Gasteiger partial charge in [-0.15, -0.1) is 0 Å². The van der Waals surface area contributed by atoms with Crippen molar-refractivity contribution in [3.8, 4) is 107 Å². The van der Waals surface area contributed by atoms with Gasteiger partial charge in [-0.3, -0.25) is 0 Å². The van der Waals surface area contributed by atoms with Crippen LogP contribution in [0.2, 0.25) is 0 Å². The normalized spacial score (nSPS) is 12.2. The van der Waals surface area contributed by atoms with Crippen molar-refractivity contribution in [1.29, 1.82) is 0 Å². The van der Waals surface area contributed by atoms with Gasteiger partial charge in [0.25, 0.3) is 0 Å². The third kappa shape index (κ3) is 7.91. The molecule has 0 bridgehead atoms. The monoisotopic (exact) mass is 1130 g/mol. The van der Waals surface area contributed by atoms with E-state index in [9.17, 15) is 0 Å². The molecule has 416 valence electrons. The van der Waals surface area contributed by atoms with Crippen LogP contribution in [0, 0.1) is 48.5 Å². The Labute approximate surface area is 513 Å². The number of nitrogens with zero attached hydrogens (tertiary/aromatic N) is 5. The van der Waals surface area contributed by atoms with E-state index < -0.39 is 0 Å². The highest BCUT2D eigenvalue weighted by Gasteiger charge is 2.43. The Hall–Kier alpha value is -10.7. The van der Waals surface area contributed by atoms with Crippen molar-refractivity contribution in [2.24, 2.45) is 0 Å². The summed E-state index contributed by atoms with van der Waals surface area (Å²) < 4.78 is 5.38. The number of aryl methyl sites for hydroxylation is 6. The minimum atomic E-state index is -0.189. The Morgan fingerprint density at radius 2 is 0.773 bits per heavy atom. The number of aromatic nitrogens is 5. The third-order valence-electron chi connectivity index (χ3n) is 19.0. The van der Waals surface area contributed by atoms with Gasteiger partial charge in [0, 0.05) is 60.5 Å². The Balaban J connectivity index is 1.01. The lowest BCUT2D eigenvalue weighted by Gasteiger charge is -2.36.